The standard InChI is InChI=1S/C26H26N12O2/c1-13-8-16(14(2)31-18-6-7-19(40-5)32-21(18)23-33-35-37(4)34-23)22-17(9-13)25(39)36(3)24-20(30-12-38(22)24)15-10-28-26(27)29-11-15/h6-12,14,31H,1-5H3,(H2,27,28,29)/i3D3,4D3,14D. The van der Waals surface area contributed by atoms with Crippen LogP contribution in [0, 0.1) is 6.92 Å². The van der Waals surface area contributed by atoms with E-state index in [9.17, 15) is 6.17 Å². The number of methoxy groups -OCH3 is 1. The number of ether oxygens (including phenoxy) is 1. The van der Waals surface area contributed by atoms with E-state index in [1.807, 2.05) is 0 Å². The molecular weight excluding hydrogens is 512 g/mol. The Labute approximate surface area is 237 Å². The van der Waals surface area contributed by atoms with Crippen LogP contribution in [0.3, 0.4) is 0 Å². The van der Waals surface area contributed by atoms with E-state index in [4.69, 9.17) is 18.7 Å². The number of tetrazole rings is 1. The van der Waals surface area contributed by atoms with Gasteiger partial charge in [-0.05, 0) is 42.3 Å². The maximum Gasteiger partial charge on any atom is 0.261 e. The molecule has 14 heteroatoms. The van der Waals surface area contributed by atoms with E-state index in [2.05, 4.69) is 40.7 Å². The molecule has 0 bridgehead atoms. The maximum absolute atomic E-state index is 14.0. The van der Waals surface area contributed by atoms with Crippen LogP contribution >= 0.6 is 0 Å². The largest absolute Gasteiger partial charge is 0.481 e. The number of aryl methyl sites for hydroxylation is 3. The molecule has 0 aliphatic rings. The lowest BCUT2D eigenvalue weighted by Crippen LogP contribution is -2.21. The summed E-state index contributed by atoms with van der Waals surface area (Å²) in [7, 11) is 1.40. The molecule has 6 aromatic rings. The van der Waals surface area contributed by atoms with Crippen molar-refractivity contribution in [3.63, 3.8) is 0 Å². The van der Waals surface area contributed by atoms with Crippen LogP contribution in [0.1, 0.15) is 33.7 Å². The molecule has 0 spiro atoms. The number of nitrogens with two attached hydrogens (primary N) is 1. The summed E-state index contributed by atoms with van der Waals surface area (Å²) in [5, 5.41) is 14.6. The van der Waals surface area contributed by atoms with Crippen LogP contribution in [0.25, 0.3) is 39.3 Å². The lowest BCUT2D eigenvalue weighted by Gasteiger charge is -2.21. The Balaban J connectivity index is 1.60. The molecule has 0 fully saturated rings. The Morgan fingerprint density at radius 3 is 2.70 bits per heavy atom. The highest BCUT2D eigenvalue weighted by Crippen LogP contribution is 2.33. The second kappa shape index (κ2) is 9.41. The second-order valence-electron chi connectivity index (χ2n) is 8.87. The van der Waals surface area contributed by atoms with E-state index in [1.165, 1.54) is 43.2 Å². The van der Waals surface area contributed by atoms with Gasteiger partial charge in [0.1, 0.15) is 23.4 Å². The predicted octanol–water partition coefficient (Wildman–Crippen LogP) is 2.30. The summed E-state index contributed by atoms with van der Waals surface area (Å²) in [5.41, 5.74) is 6.47. The first-order valence-electron chi connectivity index (χ1n) is 15.3. The average molecular weight is 546 g/mol. The van der Waals surface area contributed by atoms with Crippen molar-refractivity contribution >= 4 is 28.2 Å². The van der Waals surface area contributed by atoms with Gasteiger partial charge < -0.3 is 15.8 Å². The summed E-state index contributed by atoms with van der Waals surface area (Å²) in [4.78, 5) is 31.3. The van der Waals surface area contributed by atoms with Crippen LogP contribution in [-0.2, 0) is 14.0 Å². The number of benzene rings is 1. The van der Waals surface area contributed by atoms with Crippen molar-refractivity contribution in [1.29, 1.82) is 0 Å². The molecule has 1 aromatic carbocycles. The smallest absolute Gasteiger partial charge is 0.261 e. The van der Waals surface area contributed by atoms with Crippen molar-refractivity contribution in [2.24, 2.45) is 14.0 Å². The third kappa shape index (κ3) is 4.05. The van der Waals surface area contributed by atoms with E-state index in [0.717, 1.165) is 0 Å². The molecule has 0 aliphatic heterocycles. The highest BCUT2D eigenvalue weighted by atomic mass is 16.5. The van der Waals surface area contributed by atoms with Crippen LogP contribution in [0.2, 0.25) is 0 Å². The number of fused-ring (bicyclic) bond motifs is 3. The first kappa shape index (κ1) is 18.0. The van der Waals surface area contributed by atoms with Crippen molar-refractivity contribution in [2.45, 2.75) is 19.9 Å². The molecule has 1 unspecified atom stereocenters. The van der Waals surface area contributed by atoms with Gasteiger partial charge in [0, 0.05) is 39.2 Å². The van der Waals surface area contributed by atoms with E-state index in [0.29, 0.717) is 20.5 Å². The van der Waals surface area contributed by atoms with Gasteiger partial charge in [0.2, 0.25) is 17.7 Å². The van der Waals surface area contributed by atoms with Gasteiger partial charge in [0.15, 0.2) is 0 Å². The maximum atomic E-state index is 14.0. The zero-order chi connectivity index (χ0) is 34.1. The fraction of sp³-hybridized carbons (Fsp3) is 0.231. The predicted molar refractivity (Wildman–Crippen MR) is 149 cm³/mol. The summed E-state index contributed by atoms with van der Waals surface area (Å²) in [6.07, 6.45) is 4.09. The highest BCUT2D eigenvalue weighted by Gasteiger charge is 2.22. The normalized spacial score (nSPS) is 16.2. The lowest BCUT2D eigenvalue weighted by molar-refractivity contribution is 0.398. The fourth-order valence-electron chi connectivity index (χ4n) is 4.49. The molecule has 40 heavy (non-hydrogen) atoms. The fourth-order valence-corrected chi connectivity index (χ4v) is 4.49. The minimum absolute atomic E-state index is 0.00622. The number of nitrogens with zero attached hydrogens (tertiary/aromatic N) is 10. The van der Waals surface area contributed by atoms with Crippen molar-refractivity contribution in [3.05, 3.63) is 64.5 Å². The van der Waals surface area contributed by atoms with Crippen LogP contribution < -0.4 is 21.3 Å². The Hall–Kier alpha value is -5.40. The molecule has 5 heterocycles. The third-order valence-electron chi connectivity index (χ3n) is 6.26. The van der Waals surface area contributed by atoms with Crippen LogP contribution in [-0.4, -0.2) is 56.2 Å². The molecule has 14 nitrogen and oxygen atoms in total. The Morgan fingerprint density at radius 1 is 1.15 bits per heavy atom. The van der Waals surface area contributed by atoms with Gasteiger partial charge in [-0.3, -0.25) is 13.8 Å². The van der Waals surface area contributed by atoms with Gasteiger partial charge in [-0.15, -0.1) is 10.2 Å². The molecule has 3 N–H and O–H groups in total. The van der Waals surface area contributed by atoms with E-state index < -0.39 is 25.5 Å². The highest BCUT2D eigenvalue weighted by molar-refractivity contribution is 5.88. The van der Waals surface area contributed by atoms with E-state index in [-0.39, 0.29) is 56.8 Å². The summed E-state index contributed by atoms with van der Waals surface area (Å²) < 4.78 is 64.4. The number of hydrogen-bond acceptors (Lipinski definition) is 11. The number of pyridine rings is 1. The molecule has 6 rings (SSSR count). The minimum atomic E-state index is -2.91. The Morgan fingerprint density at radius 2 is 1.98 bits per heavy atom. The number of nitrogens with one attached hydrogen (secondary N) is 1. The zero-order valence-corrected chi connectivity index (χ0v) is 21.4. The van der Waals surface area contributed by atoms with Crippen molar-refractivity contribution in [3.8, 4) is 28.7 Å². The minimum Gasteiger partial charge on any atom is -0.481 e. The molecule has 202 valence electrons. The van der Waals surface area contributed by atoms with E-state index in [1.54, 1.807) is 25.1 Å². The second-order valence-corrected chi connectivity index (χ2v) is 8.87. The topological polar surface area (TPSA) is 169 Å². The molecule has 1 atom stereocenters. The van der Waals surface area contributed by atoms with Crippen LogP contribution in [0.5, 0.6) is 5.88 Å². The van der Waals surface area contributed by atoms with Crippen molar-refractivity contribution in [1.82, 2.24) is 49.1 Å². The van der Waals surface area contributed by atoms with Gasteiger partial charge in [0.25, 0.3) is 5.56 Å². The molecule has 0 aliphatic carbocycles. The van der Waals surface area contributed by atoms with Gasteiger partial charge in [-0.2, -0.15) is 4.80 Å². The Kier molecular flexibility index (Phi) is 4.23. The monoisotopic (exact) mass is 545 g/mol. The number of nitrogen functional groups attached to an aromatic ring is 1. The Bertz CT molecular complexity index is 2220. The SMILES string of the molecule is [2H]C(C)(Nc1ccc(OC)nc1-c1nnn(C([2H])([2H])[2H])n1)c1cc(C)cc2c(=O)n(C([2H])([2H])[2H])c3c(-c4cnc(N)nc4)ncn3c12. The number of hydrogen-bond donors (Lipinski definition) is 2. The first-order valence-corrected chi connectivity index (χ1v) is 11.8. The number of anilines is 2. The number of aromatic nitrogens is 10. The third-order valence-corrected chi connectivity index (χ3v) is 6.26. The molecule has 0 saturated heterocycles. The van der Waals surface area contributed by atoms with E-state index >= 15 is 0 Å². The number of imidazole rings is 1. The van der Waals surface area contributed by atoms with Crippen LogP contribution in [0.15, 0.2) is 47.8 Å². The van der Waals surface area contributed by atoms with Gasteiger partial charge >= 0.3 is 0 Å². The molecule has 0 amide bonds. The van der Waals surface area contributed by atoms with Crippen LogP contribution in [0.4, 0.5) is 11.6 Å². The quantitative estimate of drug-likeness (QED) is 0.315. The van der Waals surface area contributed by atoms with Crippen molar-refractivity contribution < 1.29 is 14.3 Å². The van der Waals surface area contributed by atoms with Crippen molar-refractivity contribution in [2.75, 3.05) is 18.2 Å². The summed E-state index contributed by atoms with van der Waals surface area (Å²) in [6, 6.07) is 4.55. The average Bonchev–Trinajstić information content (AvgIpc) is 3.65. The van der Waals surface area contributed by atoms with Gasteiger partial charge in [-0.25, -0.2) is 19.9 Å². The lowest BCUT2D eigenvalue weighted by atomic mass is 10.0. The summed E-state index contributed by atoms with van der Waals surface area (Å²) >= 11 is 0. The summed E-state index contributed by atoms with van der Waals surface area (Å²) in [5.74, 6) is 0.00150. The first-order chi connectivity index (χ1) is 22.0. The summed E-state index contributed by atoms with van der Waals surface area (Å²) in [6.45, 7) is -2.37. The molecular formula is C26H26N12O2. The molecule has 0 radical (unpaired) electrons. The van der Waals surface area contributed by atoms with Gasteiger partial charge in [-0.1, -0.05) is 6.07 Å². The zero-order valence-electron chi connectivity index (χ0n) is 28.4. The van der Waals surface area contributed by atoms with Gasteiger partial charge in [0.05, 0.1) is 38.1 Å². The molecule has 5 aromatic heterocycles. The number of rotatable bonds is 6. The molecule has 0 saturated carbocycles.